The van der Waals surface area contributed by atoms with Crippen LogP contribution in [0.1, 0.15) is 31.1 Å². The highest BCUT2D eigenvalue weighted by Gasteiger charge is 2.31. The smallest absolute Gasteiger partial charge is 0.336 e. The summed E-state index contributed by atoms with van der Waals surface area (Å²) >= 11 is 0.919. The summed E-state index contributed by atoms with van der Waals surface area (Å²) in [6, 6.07) is 1.19. The third-order valence-electron chi connectivity index (χ3n) is 2.38. The summed E-state index contributed by atoms with van der Waals surface area (Å²) in [6.07, 6.45) is 0. The maximum atomic E-state index is 12.2. The van der Waals surface area contributed by atoms with Gasteiger partial charge in [0.25, 0.3) is 10.0 Å². The third-order valence-corrected chi connectivity index (χ3v) is 5.92. The van der Waals surface area contributed by atoms with Crippen LogP contribution >= 0.6 is 11.3 Å². The van der Waals surface area contributed by atoms with E-state index >= 15 is 0 Å². The molecular weight excluding hydrogens is 262 g/mol. The summed E-state index contributed by atoms with van der Waals surface area (Å²) in [4.78, 5) is 10.7. The molecule has 0 fully saturated rings. The van der Waals surface area contributed by atoms with Crippen LogP contribution in [0.3, 0.4) is 0 Å². The molecule has 7 heteroatoms. The Kier molecular flexibility index (Phi) is 3.66. The Morgan fingerprint density at radius 1 is 1.41 bits per heavy atom. The molecule has 0 saturated heterocycles. The number of carboxylic acid groups (broad SMARTS) is 1. The van der Waals surface area contributed by atoms with Crippen molar-refractivity contribution in [3.05, 3.63) is 17.0 Å². The summed E-state index contributed by atoms with van der Waals surface area (Å²) in [7, 11) is -2.14. The Balaban J connectivity index is 3.18. The van der Waals surface area contributed by atoms with Crippen LogP contribution in [0, 0.1) is 0 Å². The number of carboxylic acids is 1. The van der Waals surface area contributed by atoms with E-state index in [0.29, 0.717) is 0 Å². The van der Waals surface area contributed by atoms with Gasteiger partial charge >= 0.3 is 5.97 Å². The quantitative estimate of drug-likeness (QED) is 0.915. The van der Waals surface area contributed by atoms with E-state index in [1.54, 1.807) is 20.8 Å². The minimum Gasteiger partial charge on any atom is -0.478 e. The molecule has 5 nitrogen and oxygen atoms in total. The first-order valence-corrected chi connectivity index (χ1v) is 7.19. The van der Waals surface area contributed by atoms with Crippen molar-refractivity contribution in [2.45, 2.75) is 30.5 Å². The van der Waals surface area contributed by atoms with Crippen molar-refractivity contribution < 1.29 is 18.3 Å². The highest BCUT2D eigenvalue weighted by Crippen LogP contribution is 2.27. The zero-order chi connectivity index (χ0) is 13.4. The van der Waals surface area contributed by atoms with Crippen LogP contribution in [0.4, 0.5) is 0 Å². The summed E-state index contributed by atoms with van der Waals surface area (Å²) in [5.41, 5.74) is -0.553. The number of aromatic carboxylic acids is 1. The van der Waals surface area contributed by atoms with E-state index in [0.717, 1.165) is 11.3 Å². The Bertz CT molecular complexity index is 525. The van der Waals surface area contributed by atoms with Gasteiger partial charge < -0.3 is 5.11 Å². The summed E-state index contributed by atoms with van der Waals surface area (Å²) < 4.78 is 25.6. The van der Waals surface area contributed by atoms with E-state index in [2.05, 4.69) is 0 Å². The Morgan fingerprint density at radius 2 is 1.94 bits per heavy atom. The second-order valence-electron chi connectivity index (χ2n) is 4.60. The van der Waals surface area contributed by atoms with Crippen molar-refractivity contribution in [1.29, 1.82) is 0 Å². The van der Waals surface area contributed by atoms with Gasteiger partial charge in [-0.1, -0.05) is 0 Å². The Hall–Kier alpha value is -0.920. The number of rotatable bonds is 3. The molecule has 0 aliphatic rings. The molecule has 0 unspecified atom stereocenters. The molecular formula is C10H15NO4S2. The molecule has 1 heterocycles. The van der Waals surface area contributed by atoms with Crippen molar-refractivity contribution >= 4 is 27.3 Å². The van der Waals surface area contributed by atoms with Crippen LogP contribution in [-0.2, 0) is 10.0 Å². The van der Waals surface area contributed by atoms with Crippen LogP contribution in [-0.4, -0.2) is 36.4 Å². The van der Waals surface area contributed by atoms with Gasteiger partial charge in [-0.25, -0.2) is 13.2 Å². The first-order chi connectivity index (χ1) is 7.56. The lowest BCUT2D eigenvalue weighted by Crippen LogP contribution is -2.42. The second-order valence-corrected chi connectivity index (χ2v) is 7.71. The Labute approximate surface area is 105 Å². The lowest BCUT2D eigenvalue weighted by atomic mass is 10.1. The summed E-state index contributed by atoms with van der Waals surface area (Å²) in [5.74, 6) is -1.12. The molecule has 0 radical (unpaired) electrons. The van der Waals surface area contributed by atoms with Crippen molar-refractivity contribution in [1.82, 2.24) is 4.31 Å². The van der Waals surface area contributed by atoms with Crippen LogP contribution in [0.15, 0.2) is 15.7 Å². The third kappa shape index (κ3) is 2.85. The molecule has 0 aromatic carbocycles. The van der Waals surface area contributed by atoms with Crippen molar-refractivity contribution in [2.24, 2.45) is 0 Å². The lowest BCUT2D eigenvalue weighted by molar-refractivity contribution is 0.0697. The molecule has 1 N–H and O–H groups in total. The number of carbonyl (C=O) groups is 1. The summed E-state index contributed by atoms with van der Waals surface area (Å²) in [6.45, 7) is 5.32. The highest BCUT2D eigenvalue weighted by atomic mass is 32.2. The lowest BCUT2D eigenvalue weighted by Gasteiger charge is -2.30. The van der Waals surface area contributed by atoms with Crippen LogP contribution in [0.2, 0.25) is 0 Å². The molecule has 0 aliphatic heterocycles. The van der Waals surface area contributed by atoms with Crippen LogP contribution in [0.25, 0.3) is 0 Å². The molecule has 96 valence electrons. The monoisotopic (exact) mass is 277 g/mol. The zero-order valence-electron chi connectivity index (χ0n) is 10.1. The van der Waals surface area contributed by atoms with Gasteiger partial charge in [0.1, 0.15) is 4.21 Å². The molecule has 0 bridgehead atoms. The minimum atomic E-state index is -3.62. The van der Waals surface area contributed by atoms with E-state index in [-0.39, 0.29) is 9.77 Å². The maximum absolute atomic E-state index is 12.2. The average Bonchev–Trinajstić information content (AvgIpc) is 2.64. The average molecular weight is 277 g/mol. The van der Waals surface area contributed by atoms with Crippen LogP contribution in [0.5, 0.6) is 0 Å². The van der Waals surface area contributed by atoms with Gasteiger partial charge in [0.05, 0.1) is 5.56 Å². The fourth-order valence-electron chi connectivity index (χ4n) is 1.06. The molecule has 17 heavy (non-hydrogen) atoms. The molecule has 1 rings (SSSR count). The highest BCUT2D eigenvalue weighted by molar-refractivity contribution is 7.91. The normalized spacial score (nSPS) is 13.0. The molecule has 1 aromatic rings. The topological polar surface area (TPSA) is 74.7 Å². The van der Waals surface area contributed by atoms with Crippen molar-refractivity contribution in [3.63, 3.8) is 0 Å². The number of thiophene rings is 1. The van der Waals surface area contributed by atoms with E-state index in [1.165, 1.54) is 22.8 Å². The van der Waals surface area contributed by atoms with Gasteiger partial charge in [0, 0.05) is 18.0 Å². The SMILES string of the molecule is CN(C(C)(C)C)S(=O)(=O)c1cc(C(=O)O)cs1. The van der Waals surface area contributed by atoms with E-state index in [9.17, 15) is 13.2 Å². The van der Waals surface area contributed by atoms with E-state index in [4.69, 9.17) is 5.11 Å². The van der Waals surface area contributed by atoms with Gasteiger partial charge in [-0.3, -0.25) is 0 Å². The Morgan fingerprint density at radius 3 is 2.29 bits per heavy atom. The number of hydrogen-bond acceptors (Lipinski definition) is 4. The molecule has 0 saturated carbocycles. The molecule has 0 aliphatic carbocycles. The maximum Gasteiger partial charge on any atom is 0.336 e. The molecule has 0 spiro atoms. The standard InChI is InChI=1S/C10H15NO4S2/c1-10(2,3)11(4)17(14,15)8-5-7(6-16-8)9(12)13/h5-6H,1-4H3,(H,12,13). The van der Waals surface area contributed by atoms with Gasteiger partial charge in [-0.05, 0) is 26.8 Å². The van der Waals surface area contributed by atoms with Gasteiger partial charge in [0.15, 0.2) is 0 Å². The van der Waals surface area contributed by atoms with Crippen molar-refractivity contribution in [3.8, 4) is 0 Å². The number of nitrogens with zero attached hydrogens (tertiary/aromatic N) is 1. The summed E-state index contributed by atoms with van der Waals surface area (Å²) in [5, 5.41) is 10.1. The fraction of sp³-hybridized carbons (Fsp3) is 0.500. The fourth-order valence-corrected chi connectivity index (χ4v) is 3.90. The van der Waals surface area contributed by atoms with Gasteiger partial charge in [-0.15, -0.1) is 11.3 Å². The predicted molar refractivity (Wildman–Crippen MR) is 66.0 cm³/mol. The van der Waals surface area contributed by atoms with E-state index in [1.807, 2.05) is 0 Å². The first kappa shape index (κ1) is 14.1. The second kappa shape index (κ2) is 4.40. The molecule has 0 amide bonds. The number of hydrogen-bond donors (Lipinski definition) is 1. The van der Waals surface area contributed by atoms with E-state index < -0.39 is 21.5 Å². The molecule has 0 atom stereocenters. The minimum absolute atomic E-state index is 0.00381. The predicted octanol–water partition coefficient (Wildman–Crippen LogP) is 1.87. The zero-order valence-corrected chi connectivity index (χ0v) is 11.7. The van der Waals surface area contributed by atoms with Gasteiger partial charge in [0.2, 0.25) is 0 Å². The largest absolute Gasteiger partial charge is 0.478 e. The first-order valence-electron chi connectivity index (χ1n) is 4.87. The van der Waals surface area contributed by atoms with Crippen molar-refractivity contribution in [2.75, 3.05) is 7.05 Å². The molecule has 1 aromatic heterocycles. The van der Waals surface area contributed by atoms with Gasteiger partial charge in [-0.2, -0.15) is 4.31 Å². The van der Waals surface area contributed by atoms with Crippen LogP contribution < -0.4 is 0 Å². The number of sulfonamides is 1.